The lowest BCUT2D eigenvalue weighted by Gasteiger charge is -2.02. The van der Waals surface area contributed by atoms with Crippen LogP contribution in [-0.2, 0) is 0 Å². The number of nitrogens with zero attached hydrogens (tertiary/aromatic N) is 1. The molecule has 0 aliphatic heterocycles. The fraction of sp³-hybridized carbons (Fsp3) is 0. The summed E-state index contributed by atoms with van der Waals surface area (Å²) in [5.41, 5.74) is 0.179. The van der Waals surface area contributed by atoms with Crippen LogP contribution in [-0.4, -0.2) is 15.9 Å². The normalized spacial score (nSPS) is 10.1. The number of aromatic amines is 1. The number of nitrogens with one attached hydrogen (secondary N) is 2. The molecule has 0 unspecified atom stereocenters. The summed E-state index contributed by atoms with van der Waals surface area (Å²) >= 11 is 5.50. The van der Waals surface area contributed by atoms with E-state index in [4.69, 9.17) is 11.6 Å². The largest absolute Gasteiger partial charge is 0.331 e. The number of hydrogen-bond donors (Lipinski definition) is 2. The molecule has 1 amide bonds. The van der Waals surface area contributed by atoms with Gasteiger partial charge in [-0.3, -0.25) is 10.1 Å². The number of H-pyrrole nitrogens is 1. The third kappa shape index (κ3) is 2.20. The van der Waals surface area contributed by atoms with E-state index in [2.05, 4.69) is 15.3 Å². The Balaban J connectivity index is 2.18. The predicted octanol–water partition coefficient (Wildman–Crippen LogP) is 2.45. The molecular weight excluding hydrogens is 233 g/mol. The summed E-state index contributed by atoms with van der Waals surface area (Å²) in [6.07, 6.45) is 3.07. The van der Waals surface area contributed by atoms with Gasteiger partial charge in [0.25, 0.3) is 5.91 Å². The second-order valence-electron chi connectivity index (χ2n) is 3.02. The van der Waals surface area contributed by atoms with E-state index in [1.807, 2.05) is 0 Å². The number of imidazole rings is 1. The maximum atomic E-state index is 13.1. The minimum Gasteiger partial charge on any atom is -0.331 e. The van der Waals surface area contributed by atoms with Gasteiger partial charge in [0.2, 0.25) is 5.95 Å². The summed E-state index contributed by atoms with van der Waals surface area (Å²) < 4.78 is 13.1. The Kier molecular flexibility index (Phi) is 2.87. The van der Waals surface area contributed by atoms with Crippen LogP contribution in [0.2, 0.25) is 5.02 Å². The van der Waals surface area contributed by atoms with Gasteiger partial charge in [0, 0.05) is 18.0 Å². The van der Waals surface area contributed by atoms with Crippen LogP contribution in [0.25, 0.3) is 0 Å². The molecule has 2 aromatic rings. The smallest absolute Gasteiger partial charge is 0.258 e. The fourth-order valence-corrected chi connectivity index (χ4v) is 1.27. The summed E-state index contributed by atoms with van der Waals surface area (Å²) in [6.45, 7) is 0. The first-order valence-corrected chi connectivity index (χ1v) is 4.80. The molecule has 4 nitrogen and oxygen atoms in total. The summed E-state index contributed by atoms with van der Waals surface area (Å²) in [7, 11) is 0. The number of amides is 1. The number of aromatic nitrogens is 2. The van der Waals surface area contributed by atoms with Crippen molar-refractivity contribution in [2.24, 2.45) is 0 Å². The van der Waals surface area contributed by atoms with Crippen LogP contribution in [0.5, 0.6) is 0 Å². The molecule has 1 heterocycles. The molecule has 0 saturated carbocycles. The molecule has 0 saturated heterocycles. The van der Waals surface area contributed by atoms with Crippen molar-refractivity contribution in [1.82, 2.24) is 9.97 Å². The van der Waals surface area contributed by atoms with Crippen LogP contribution in [0.1, 0.15) is 10.4 Å². The minimum absolute atomic E-state index is 0.0189. The highest BCUT2D eigenvalue weighted by Crippen LogP contribution is 2.16. The van der Waals surface area contributed by atoms with Gasteiger partial charge >= 0.3 is 0 Å². The molecule has 2 N–H and O–H groups in total. The van der Waals surface area contributed by atoms with Gasteiger partial charge in [-0.2, -0.15) is 0 Å². The first-order chi connectivity index (χ1) is 7.66. The summed E-state index contributed by atoms with van der Waals surface area (Å²) in [6, 6.07) is 3.83. The van der Waals surface area contributed by atoms with Crippen molar-refractivity contribution in [2.45, 2.75) is 0 Å². The standard InChI is InChI=1S/C10H7ClFN3O/c11-7-2-1-6(5-8(7)12)9(16)15-10-13-3-4-14-10/h1-5H,(H2,13,14,15,16). The number of rotatable bonds is 2. The quantitative estimate of drug-likeness (QED) is 0.846. The van der Waals surface area contributed by atoms with Crippen LogP contribution >= 0.6 is 11.6 Å². The minimum atomic E-state index is -0.631. The molecule has 0 radical (unpaired) electrons. The average Bonchev–Trinajstić information content (AvgIpc) is 2.74. The van der Waals surface area contributed by atoms with Crippen molar-refractivity contribution in [3.63, 3.8) is 0 Å². The van der Waals surface area contributed by atoms with E-state index in [-0.39, 0.29) is 10.6 Å². The van der Waals surface area contributed by atoms with E-state index in [9.17, 15) is 9.18 Å². The second kappa shape index (κ2) is 4.32. The monoisotopic (exact) mass is 239 g/mol. The van der Waals surface area contributed by atoms with E-state index in [1.54, 1.807) is 6.20 Å². The van der Waals surface area contributed by atoms with Gasteiger partial charge in [0.15, 0.2) is 0 Å². The third-order valence-corrected chi connectivity index (χ3v) is 2.22. The molecule has 16 heavy (non-hydrogen) atoms. The molecule has 82 valence electrons. The first-order valence-electron chi connectivity index (χ1n) is 4.42. The third-order valence-electron chi connectivity index (χ3n) is 1.91. The molecule has 2 rings (SSSR count). The molecule has 1 aromatic carbocycles. The van der Waals surface area contributed by atoms with Crippen LogP contribution in [0.15, 0.2) is 30.6 Å². The van der Waals surface area contributed by atoms with Crippen molar-refractivity contribution >= 4 is 23.5 Å². The zero-order valence-corrected chi connectivity index (χ0v) is 8.75. The number of halogens is 2. The van der Waals surface area contributed by atoms with Crippen LogP contribution < -0.4 is 5.32 Å². The van der Waals surface area contributed by atoms with Crippen molar-refractivity contribution in [1.29, 1.82) is 0 Å². The van der Waals surface area contributed by atoms with Crippen molar-refractivity contribution in [3.05, 3.63) is 47.0 Å². The summed E-state index contributed by atoms with van der Waals surface area (Å²) in [5.74, 6) is -0.778. The van der Waals surface area contributed by atoms with Crippen LogP contribution in [0, 0.1) is 5.82 Å². The number of benzene rings is 1. The SMILES string of the molecule is O=C(Nc1ncc[nH]1)c1ccc(Cl)c(F)c1. The Labute approximate surface area is 95.5 Å². The summed E-state index contributed by atoms with van der Waals surface area (Å²) in [5, 5.41) is 2.45. The molecule has 0 aliphatic carbocycles. The zero-order chi connectivity index (χ0) is 11.5. The number of hydrogen-bond acceptors (Lipinski definition) is 2. The summed E-state index contributed by atoms with van der Waals surface area (Å²) in [4.78, 5) is 18.1. The second-order valence-corrected chi connectivity index (χ2v) is 3.43. The van der Waals surface area contributed by atoms with Gasteiger partial charge in [0.05, 0.1) is 5.02 Å². The Hall–Kier alpha value is -1.88. The van der Waals surface area contributed by atoms with Gasteiger partial charge in [-0.1, -0.05) is 11.6 Å². The molecule has 0 spiro atoms. The molecular formula is C10H7ClFN3O. The molecule has 0 aliphatic rings. The van der Waals surface area contributed by atoms with Gasteiger partial charge in [-0.25, -0.2) is 9.37 Å². The van der Waals surface area contributed by atoms with E-state index < -0.39 is 11.7 Å². The van der Waals surface area contributed by atoms with E-state index >= 15 is 0 Å². The van der Waals surface area contributed by atoms with Crippen molar-refractivity contribution < 1.29 is 9.18 Å². The van der Waals surface area contributed by atoms with E-state index in [1.165, 1.54) is 18.3 Å². The van der Waals surface area contributed by atoms with Gasteiger partial charge in [-0.05, 0) is 18.2 Å². The van der Waals surface area contributed by atoms with Crippen molar-refractivity contribution in [2.75, 3.05) is 5.32 Å². The Bertz CT molecular complexity index is 513. The van der Waals surface area contributed by atoms with E-state index in [0.29, 0.717) is 5.95 Å². The predicted molar refractivity (Wildman–Crippen MR) is 58.0 cm³/mol. The average molecular weight is 240 g/mol. The first kappa shape index (κ1) is 10.6. The molecule has 6 heteroatoms. The molecule has 1 aromatic heterocycles. The molecule has 0 atom stereocenters. The Morgan fingerprint density at radius 3 is 2.94 bits per heavy atom. The lowest BCUT2D eigenvalue weighted by atomic mass is 10.2. The van der Waals surface area contributed by atoms with Crippen LogP contribution in [0.3, 0.4) is 0 Å². The van der Waals surface area contributed by atoms with Crippen molar-refractivity contribution in [3.8, 4) is 0 Å². The van der Waals surface area contributed by atoms with Gasteiger partial charge in [-0.15, -0.1) is 0 Å². The molecule has 0 fully saturated rings. The molecule has 0 bridgehead atoms. The lowest BCUT2D eigenvalue weighted by molar-refractivity contribution is 0.102. The van der Waals surface area contributed by atoms with Gasteiger partial charge in [0.1, 0.15) is 5.82 Å². The number of anilines is 1. The number of carbonyl (C=O) groups is 1. The maximum Gasteiger partial charge on any atom is 0.258 e. The Morgan fingerprint density at radius 2 is 2.31 bits per heavy atom. The Morgan fingerprint density at radius 1 is 1.50 bits per heavy atom. The lowest BCUT2D eigenvalue weighted by Crippen LogP contribution is -2.13. The number of carbonyl (C=O) groups excluding carboxylic acids is 1. The highest BCUT2D eigenvalue weighted by molar-refractivity contribution is 6.30. The van der Waals surface area contributed by atoms with Crippen LogP contribution in [0.4, 0.5) is 10.3 Å². The highest BCUT2D eigenvalue weighted by Gasteiger charge is 2.09. The topological polar surface area (TPSA) is 57.8 Å². The van der Waals surface area contributed by atoms with E-state index in [0.717, 1.165) is 6.07 Å². The maximum absolute atomic E-state index is 13.1. The van der Waals surface area contributed by atoms with Gasteiger partial charge < -0.3 is 4.98 Å². The zero-order valence-electron chi connectivity index (χ0n) is 8.00. The highest BCUT2D eigenvalue weighted by atomic mass is 35.5. The fourth-order valence-electron chi connectivity index (χ4n) is 1.15.